The van der Waals surface area contributed by atoms with Gasteiger partial charge in [0, 0.05) is 50.9 Å². The summed E-state index contributed by atoms with van der Waals surface area (Å²) in [4.78, 5) is 17.5. The molecule has 1 atom stereocenters. The lowest BCUT2D eigenvalue weighted by molar-refractivity contribution is 0.0862. The molecule has 1 aliphatic heterocycles. The fourth-order valence-electron chi connectivity index (χ4n) is 3.68. The summed E-state index contributed by atoms with van der Waals surface area (Å²) in [7, 11) is 0. The monoisotopic (exact) mass is 483 g/mol. The van der Waals surface area contributed by atoms with E-state index in [9.17, 15) is 4.79 Å². The molecule has 2 aromatic rings. The largest absolute Gasteiger partial charge is 0.348 e. The summed E-state index contributed by atoms with van der Waals surface area (Å²) >= 11 is 12.2. The van der Waals surface area contributed by atoms with E-state index < -0.39 is 0 Å². The molecule has 1 N–H and O–H groups in total. The molecular formula is C24H32Cl3N3O. The van der Waals surface area contributed by atoms with Crippen LogP contribution < -0.4 is 5.32 Å². The fourth-order valence-corrected chi connectivity index (χ4v) is 4.00. The standard InChI is InChI=1S/C24H31Cl2N3O.ClH/c1-17(2)23(27-24(30)20-7-4-18(3)5-8-20)16-29-12-10-28(11-13-29)15-19-6-9-21(25)22(26)14-19;/h4-9,14,17,23H,10-13,15-16H2,1-3H3,(H,27,30);1H/t23-;/m1./s1. The van der Waals surface area contributed by atoms with Crippen molar-refractivity contribution in [3.63, 3.8) is 0 Å². The van der Waals surface area contributed by atoms with Crippen LogP contribution in [-0.4, -0.2) is 54.5 Å². The molecule has 0 aliphatic carbocycles. The molecule has 0 spiro atoms. The Labute approximate surface area is 202 Å². The van der Waals surface area contributed by atoms with Gasteiger partial charge in [0.2, 0.25) is 0 Å². The first-order valence-corrected chi connectivity index (χ1v) is 11.3. The van der Waals surface area contributed by atoms with Crippen LogP contribution in [0.1, 0.15) is 35.3 Å². The van der Waals surface area contributed by atoms with Crippen molar-refractivity contribution in [3.8, 4) is 0 Å². The highest BCUT2D eigenvalue weighted by atomic mass is 35.5. The number of rotatable bonds is 7. The van der Waals surface area contributed by atoms with Gasteiger partial charge in [-0.3, -0.25) is 14.6 Å². The molecule has 1 fully saturated rings. The van der Waals surface area contributed by atoms with Crippen LogP contribution >= 0.6 is 35.6 Å². The molecule has 0 aromatic heterocycles. The molecule has 0 unspecified atom stereocenters. The minimum Gasteiger partial charge on any atom is -0.348 e. The lowest BCUT2D eigenvalue weighted by Crippen LogP contribution is -2.52. The van der Waals surface area contributed by atoms with Crippen LogP contribution in [0.15, 0.2) is 42.5 Å². The number of nitrogens with one attached hydrogen (secondary N) is 1. The molecule has 170 valence electrons. The van der Waals surface area contributed by atoms with Crippen molar-refractivity contribution in [3.05, 3.63) is 69.2 Å². The van der Waals surface area contributed by atoms with Crippen molar-refractivity contribution < 1.29 is 4.79 Å². The number of halogens is 3. The van der Waals surface area contributed by atoms with Crippen LogP contribution in [0.2, 0.25) is 10.0 Å². The molecule has 31 heavy (non-hydrogen) atoms. The van der Waals surface area contributed by atoms with Crippen LogP contribution in [0.25, 0.3) is 0 Å². The number of amides is 1. The molecule has 1 saturated heterocycles. The molecular weight excluding hydrogens is 453 g/mol. The Morgan fingerprint density at radius 3 is 2.16 bits per heavy atom. The van der Waals surface area contributed by atoms with Gasteiger partial charge in [0.1, 0.15) is 0 Å². The zero-order valence-electron chi connectivity index (χ0n) is 18.4. The highest BCUT2D eigenvalue weighted by Gasteiger charge is 2.23. The zero-order chi connectivity index (χ0) is 21.7. The van der Waals surface area contributed by atoms with Gasteiger partial charge in [-0.1, -0.05) is 60.8 Å². The molecule has 7 heteroatoms. The van der Waals surface area contributed by atoms with Crippen molar-refractivity contribution in [2.45, 2.75) is 33.4 Å². The van der Waals surface area contributed by atoms with Crippen molar-refractivity contribution in [2.75, 3.05) is 32.7 Å². The summed E-state index contributed by atoms with van der Waals surface area (Å²) in [6.45, 7) is 12.1. The second-order valence-corrected chi connectivity index (χ2v) is 9.33. The van der Waals surface area contributed by atoms with Crippen LogP contribution in [0.3, 0.4) is 0 Å². The van der Waals surface area contributed by atoms with Gasteiger partial charge in [-0.2, -0.15) is 0 Å². The minimum absolute atomic E-state index is 0. The van der Waals surface area contributed by atoms with Crippen molar-refractivity contribution in [1.82, 2.24) is 15.1 Å². The topological polar surface area (TPSA) is 35.6 Å². The Kier molecular flexibility index (Phi) is 10.1. The molecule has 1 amide bonds. The number of piperazine rings is 1. The molecule has 3 rings (SSSR count). The minimum atomic E-state index is 0. The van der Waals surface area contributed by atoms with E-state index >= 15 is 0 Å². The van der Waals surface area contributed by atoms with Crippen molar-refractivity contribution in [2.24, 2.45) is 5.92 Å². The van der Waals surface area contributed by atoms with E-state index in [4.69, 9.17) is 23.2 Å². The Hall–Kier alpha value is -1.30. The number of benzene rings is 2. The molecule has 4 nitrogen and oxygen atoms in total. The second kappa shape index (κ2) is 12.1. The van der Waals surface area contributed by atoms with Gasteiger partial charge < -0.3 is 5.32 Å². The molecule has 1 heterocycles. The third-order valence-electron chi connectivity index (χ3n) is 5.74. The van der Waals surface area contributed by atoms with Gasteiger partial charge in [0.25, 0.3) is 5.91 Å². The Balaban J connectivity index is 0.00000341. The van der Waals surface area contributed by atoms with E-state index in [0.29, 0.717) is 16.0 Å². The maximum absolute atomic E-state index is 12.7. The van der Waals surface area contributed by atoms with E-state index in [1.807, 2.05) is 49.4 Å². The number of carbonyl (C=O) groups is 1. The van der Waals surface area contributed by atoms with E-state index in [1.54, 1.807) is 0 Å². The molecule has 0 radical (unpaired) electrons. The molecule has 0 bridgehead atoms. The van der Waals surface area contributed by atoms with Gasteiger partial charge in [-0.05, 0) is 42.7 Å². The second-order valence-electron chi connectivity index (χ2n) is 8.52. The normalized spacial score (nSPS) is 16.1. The molecule has 2 aromatic carbocycles. The average Bonchev–Trinajstić information content (AvgIpc) is 2.72. The highest BCUT2D eigenvalue weighted by molar-refractivity contribution is 6.42. The summed E-state index contributed by atoms with van der Waals surface area (Å²) in [5, 5.41) is 4.44. The lowest BCUT2D eigenvalue weighted by atomic mass is 10.0. The predicted octanol–water partition coefficient (Wildman–Crippen LogP) is 5.30. The van der Waals surface area contributed by atoms with Gasteiger partial charge in [-0.15, -0.1) is 12.4 Å². The zero-order valence-corrected chi connectivity index (χ0v) is 20.7. The Morgan fingerprint density at radius 1 is 0.968 bits per heavy atom. The summed E-state index contributed by atoms with van der Waals surface area (Å²) < 4.78 is 0. The van der Waals surface area contributed by atoms with Gasteiger partial charge in [0.15, 0.2) is 0 Å². The van der Waals surface area contributed by atoms with Crippen LogP contribution in [0, 0.1) is 12.8 Å². The summed E-state index contributed by atoms with van der Waals surface area (Å²) in [5.74, 6) is 0.376. The SMILES string of the molecule is Cc1ccc(C(=O)N[C@H](CN2CCN(Cc3ccc(Cl)c(Cl)c3)CC2)C(C)C)cc1.Cl. The van der Waals surface area contributed by atoms with Gasteiger partial charge in [-0.25, -0.2) is 0 Å². The number of aryl methyl sites for hydroxylation is 1. The average molecular weight is 485 g/mol. The number of hydrogen-bond acceptors (Lipinski definition) is 3. The number of nitrogens with zero attached hydrogens (tertiary/aromatic N) is 2. The van der Waals surface area contributed by atoms with Crippen molar-refractivity contribution >= 4 is 41.5 Å². The first-order chi connectivity index (χ1) is 14.3. The Bertz CT molecular complexity index is 850. The molecule has 0 saturated carbocycles. The van der Waals surface area contributed by atoms with Crippen LogP contribution in [-0.2, 0) is 6.54 Å². The van der Waals surface area contributed by atoms with Crippen LogP contribution in [0.4, 0.5) is 0 Å². The van der Waals surface area contributed by atoms with Gasteiger partial charge >= 0.3 is 0 Å². The van der Waals surface area contributed by atoms with Crippen LogP contribution in [0.5, 0.6) is 0 Å². The van der Waals surface area contributed by atoms with E-state index in [-0.39, 0.29) is 24.4 Å². The quantitative estimate of drug-likeness (QED) is 0.579. The maximum Gasteiger partial charge on any atom is 0.251 e. The third-order valence-corrected chi connectivity index (χ3v) is 6.48. The molecule has 1 aliphatic rings. The first kappa shape index (κ1) is 26.0. The highest BCUT2D eigenvalue weighted by Crippen LogP contribution is 2.23. The van der Waals surface area contributed by atoms with E-state index in [2.05, 4.69) is 29.0 Å². The predicted molar refractivity (Wildman–Crippen MR) is 133 cm³/mol. The number of hydrogen-bond donors (Lipinski definition) is 1. The fraction of sp³-hybridized carbons (Fsp3) is 0.458. The van der Waals surface area contributed by atoms with E-state index in [1.165, 1.54) is 5.56 Å². The van der Waals surface area contributed by atoms with E-state index in [0.717, 1.165) is 50.4 Å². The first-order valence-electron chi connectivity index (χ1n) is 10.6. The van der Waals surface area contributed by atoms with Gasteiger partial charge in [0.05, 0.1) is 10.0 Å². The third kappa shape index (κ3) is 7.65. The Morgan fingerprint density at radius 2 is 1.58 bits per heavy atom. The summed E-state index contributed by atoms with van der Waals surface area (Å²) in [5.41, 5.74) is 3.06. The smallest absolute Gasteiger partial charge is 0.251 e. The maximum atomic E-state index is 12.7. The lowest BCUT2D eigenvalue weighted by Gasteiger charge is -2.37. The van der Waals surface area contributed by atoms with Crippen molar-refractivity contribution in [1.29, 1.82) is 0 Å². The summed E-state index contributed by atoms with van der Waals surface area (Å²) in [6, 6.07) is 13.7. The number of carbonyl (C=O) groups excluding carboxylic acids is 1. The summed E-state index contributed by atoms with van der Waals surface area (Å²) in [6.07, 6.45) is 0.